The Bertz CT molecular complexity index is 382. The van der Waals surface area contributed by atoms with Gasteiger partial charge >= 0.3 is 0 Å². The summed E-state index contributed by atoms with van der Waals surface area (Å²) in [5.41, 5.74) is 0. The Labute approximate surface area is 151 Å². The van der Waals surface area contributed by atoms with E-state index >= 15 is 0 Å². The molecule has 4 rings (SSSR count). The Balaban J connectivity index is 1.63. The van der Waals surface area contributed by atoms with E-state index in [2.05, 4.69) is 45.2 Å². The van der Waals surface area contributed by atoms with E-state index < -0.39 is 0 Å². The third-order valence-corrected chi connectivity index (χ3v) is 11.5. The Morgan fingerprint density at radius 1 is 0.650 bits per heavy atom. The Hall–Kier alpha value is 1.46. The molecule has 20 heavy (non-hydrogen) atoms. The van der Waals surface area contributed by atoms with E-state index in [0.29, 0.717) is 6.84 Å². The number of hydrogen-bond acceptors (Lipinski definition) is 0. The van der Waals surface area contributed by atoms with Gasteiger partial charge in [0.25, 0.3) is 0 Å². The number of rotatable bonds is 0. The van der Waals surface area contributed by atoms with Crippen LogP contribution in [0.15, 0.2) is 0 Å². The van der Waals surface area contributed by atoms with Crippen LogP contribution < -0.4 is 0 Å². The molecule has 4 aliphatic rings. The maximum Gasteiger partial charge on any atom is 0.0281 e. The van der Waals surface area contributed by atoms with Crippen LogP contribution in [0, 0.1) is 23.7 Å². The molecule has 0 aliphatic heterocycles. The summed E-state index contributed by atoms with van der Waals surface area (Å²) >= 11 is 5.87. The van der Waals surface area contributed by atoms with Crippen molar-refractivity contribution in [2.24, 2.45) is 23.7 Å². The molecular formula is C18H28I2. The van der Waals surface area contributed by atoms with E-state index in [0.717, 1.165) is 23.7 Å². The molecule has 0 aromatic rings. The van der Waals surface area contributed by atoms with Gasteiger partial charge in [0, 0.05) is 6.84 Å². The van der Waals surface area contributed by atoms with Crippen molar-refractivity contribution in [3.8, 4) is 0 Å². The second kappa shape index (κ2) is 5.52. The summed E-state index contributed by atoms with van der Waals surface area (Å²) in [4.78, 5) is 0. The normalized spacial score (nSPS) is 55.5. The van der Waals surface area contributed by atoms with Gasteiger partial charge in [-0.05, 0) is 75.0 Å². The van der Waals surface area contributed by atoms with E-state index in [1.54, 1.807) is 38.5 Å². The molecule has 6 atom stereocenters. The second-order valence-corrected chi connectivity index (χ2v) is 12.3. The fourth-order valence-electron chi connectivity index (χ4n) is 6.52. The number of alkyl halides is 2. The average molecular weight is 498 g/mol. The molecular weight excluding hydrogens is 470 g/mol. The van der Waals surface area contributed by atoms with Gasteiger partial charge in [-0.2, -0.15) is 0 Å². The summed E-state index contributed by atoms with van der Waals surface area (Å²) in [6.45, 7) is 0. The van der Waals surface area contributed by atoms with Crippen molar-refractivity contribution >= 4 is 45.2 Å². The minimum Gasteiger partial charge on any atom is -0.0786 e. The molecule has 0 aromatic heterocycles. The highest BCUT2D eigenvalue weighted by atomic mass is 127. The molecule has 0 radical (unpaired) electrons. The van der Waals surface area contributed by atoms with Crippen molar-refractivity contribution in [1.82, 2.24) is 0 Å². The molecule has 0 heterocycles. The molecule has 2 heteroatoms. The highest BCUT2D eigenvalue weighted by Crippen LogP contribution is 2.64. The van der Waals surface area contributed by atoms with E-state index in [4.69, 9.17) is 0 Å². The zero-order valence-electron chi connectivity index (χ0n) is 12.6. The number of fused-ring (bicyclic) bond motifs is 5. The van der Waals surface area contributed by atoms with Crippen LogP contribution in [0.5, 0.6) is 0 Å². The van der Waals surface area contributed by atoms with Gasteiger partial charge in [-0.15, -0.1) is 0 Å². The monoisotopic (exact) mass is 498 g/mol. The molecule has 4 fully saturated rings. The first-order valence-corrected chi connectivity index (χ1v) is 11.2. The average Bonchev–Trinajstić information content (AvgIpc) is 2.45. The Morgan fingerprint density at radius 3 is 2.35 bits per heavy atom. The SMILES string of the molecule is IC12CCCCC1C1CCC3CCCCC3(I)C1CC2. The van der Waals surface area contributed by atoms with Gasteiger partial charge in [0.05, 0.1) is 0 Å². The molecule has 0 N–H and O–H groups in total. The van der Waals surface area contributed by atoms with Gasteiger partial charge in [0.2, 0.25) is 0 Å². The fraction of sp³-hybridized carbons (Fsp3) is 1.00. The fourth-order valence-corrected chi connectivity index (χ4v) is 9.76. The molecule has 0 amide bonds. The van der Waals surface area contributed by atoms with Crippen molar-refractivity contribution in [2.75, 3.05) is 0 Å². The summed E-state index contributed by atoms with van der Waals surface area (Å²) < 4.78 is 1.40. The lowest BCUT2D eigenvalue weighted by atomic mass is 9.51. The molecule has 0 bridgehead atoms. The molecule has 4 saturated carbocycles. The molecule has 0 spiro atoms. The van der Waals surface area contributed by atoms with Gasteiger partial charge in [-0.25, -0.2) is 0 Å². The number of hydrogen-bond donors (Lipinski definition) is 0. The van der Waals surface area contributed by atoms with Crippen LogP contribution in [-0.4, -0.2) is 6.84 Å². The maximum atomic E-state index is 2.97. The third-order valence-electron chi connectivity index (χ3n) is 7.43. The van der Waals surface area contributed by atoms with Crippen LogP contribution >= 0.6 is 45.2 Å². The van der Waals surface area contributed by atoms with Crippen LogP contribution in [0.4, 0.5) is 0 Å². The van der Waals surface area contributed by atoms with Crippen molar-refractivity contribution in [2.45, 2.75) is 83.9 Å². The zero-order chi connectivity index (χ0) is 13.8. The molecule has 4 aliphatic carbocycles. The largest absolute Gasteiger partial charge is 0.0786 e. The molecule has 0 nitrogen and oxygen atoms in total. The van der Waals surface area contributed by atoms with Gasteiger partial charge in [-0.1, -0.05) is 70.9 Å². The summed E-state index contributed by atoms with van der Waals surface area (Å²) in [6, 6.07) is 0. The molecule has 114 valence electrons. The third kappa shape index (κ3) is 2.24. The maximum absolute atomic E-state index is 2.97. The van der Waals surface area contributed by atoms with Crippen molar-refractivity contribution in [3.05, 3.63) is 0 Å². The predicted molar refractivity (Wildman–Crippen MR) is 103 cm³/mol. The van der Waals surface area contributed by atoms with E-state index in [9.17, 15) is 0 Å². The lowest BCUT2D eigenvalue weighted by Gasteiger charge is -2.60. The molecule has 0 aromatic carbocycles. The lowest BCUT2D eigenvalue weighted by molar-refractivity contribution is -0.00123. The van der Waals surface area contributed by atoms with Crippen molar-refractivity contribution in [1.29, 1.82) is 0 Å². The van der Waals surface area contributed by atoms with Gasteiger partial charge < -0.3 is 0 Å². The van der Waals surface area contributed by atoms with E-state index in [-0.39, 0.29) is 0 Å². The van der Waals surface area contributed by atoms with E-state index in [1.165, 1.54) is 38.5 Å². The molecule has 0 saturated heterocycles. The van der Waals surface area contributed by atoms with Crippen LogP contribution in [0.2, 0.25) is 0 Å². The highest BCUT2D eigenvalue weighted by Gasteiger charge is 2.57. The van der Waals surface area contributed by atoms with Gasteiger partial charge in [0.15, 0.2) is 0 Å². The summed E-state index contributed by atoms with van der Waals surface area (Å²) in [5, 5.41) is 0. The predicted octanol–water partition coefficient (Wildman–Crippen LogP) is 6.53. The van der Waals surface area contributed by atoms with Crippen LogP contribution in [-0.2, 0) is 0 Å². The first-order valence-electron chi connectivity index (χ1n) is 9.01. The smallest absolute Gasteiger partial charge is 0.0281 e. The first kappa shape index (κ1) is 15.0. The van der Waals surface area contributed by atoms with Crippen LogP contribution in [0.1, 0.15) is 77.0 Å². The number of halogens is 2. The minimum atomic E-state index is 0.700. The van der Waals surface area contributed by atoms with Gasteiger partial charge in [0.1, 0.15) is 0 Å². The standard InChI is InChI=1S/C18H28I2/c19-17-10-3-2-6-15(17)14-8-7-13-5-1-4-11-18(13,20)16(14)9-12-17/h13-16H,1-12H2. The Kier molecular flexibility index (Phi) is 4.15. The van der Waals surface area contributed by atoms with Gasteiger partial charge in [-0.3, -0.25) is 0 Å². The first-order chi connectivity index (χ1) is 9.63. The zero-order valence-corrected chi connectivity index (χ0v) is 16.9. The quantitative estimate of drug-likeness (QED) is 0.263. The summed E-state index contributed by atoms with van der Waals surface area (Å²) in [7, 11) is 0. The Morgan fingerprint density at radius 2 is 1.45 bits per heavy atom. The molecule has 6 unspecified atom stereocenters. The second-order valence-electron chi connectivity index (χ2n) is 8.14. The minimum absolute atomic E-state index is 0.700. The summed E-state index contributed by atoms with van der Waals surface area (Å²) in [5.74, 6) is 4.31. The topological polar surface area (TPSA) is 0 Å². The van der Waals surface area contributed by atoms with Crippen molar-refractivity contribution in [3.63, 3.8) is 0 Å². The van der Waals surface area contributed by atoms with Crippen molar-refractivity contribution < 1.29 is 0 Å². The van der Waals surface area contributed by atoms with Crippen LogP contribution in [0.3, 0.4) is 0 Å². The lowest BCUT2D eigenvalue weighted by Crippen LogP contribution is -2.56. The van der Waals surface area contributed by atoms with Crippen LogP contribution in [0.25, 0.3) is 0 Å². The van der Waals surface area contributed by atoms with E-state index in [1.807, 2.05) is 0 Å². The summed E-state index contributed by atoms with van der Waals surface area (Å²) in [6.07, 6.45) is 18.5. The highest BCUT2D eigenvalue weighted by molar-refractivity contribution is 14.1.